The van der Waals surface area contributed by atoms with Gasteiger partial charge < -0.3 is 15.8 Å². The molecule has 0 spiro atoms. The summed E-state index contributed by atoms with van der Waals surface area (Å²) in [5, 5.41) is 2.80. The van der Waals surface area contributed by atoms with E-state index in [1.54, 1.807) is 19.4 Å². The highest BCUT2D eigenvalue weighted by molar-refractivity contribution is 9.10. The molecule has 0 unspecified atom stereocenters. The number of carbonyl (C=O) groups is 1. The molecule has 5 nitrogen and oxygen atoms in total. The lowest BCUT2D eigenvalue weighted by Crippen LogP contribution is -2.24. The van der Waals surface area contributed by atoms with Crippen molar-refractivity contribution in [2.45, 2.75) is 6.54 Å². The Hall–Kier alpha value is -2.08. The number of nitrogens with one attached hydrogen (secondary N) is 1. The normalized spacial score (nSPS) is 10.1. The molecule has 0 fully saturated rings. The van der Waals surface area contributed by atoms with Gasteiger partial charge in [-0.1, -0.05) is 12.1 Å². The van der Waals surface area contributed by atoms with Gasteiger partial charge in [-0.2, -0.15) is 0 Å². The number of halogens is 1. The van der Waals surface area contributed by atoms with Gasteiger partial charge in [0.25, 0.3) is 5.91 Å². The molecule has 0 aliphatic heterocycles. The molecule has 0 saturated heterocycles. The molecule has 0 atom stereocenters. The minimum absolute atomic E-state index is 0.209. The van der Waals surface area contributed by atoms with Gasteiger partial charge in [0.1, 0.15) is 11.6 Å². The summed E-state index contributed by atoms with van der Waals surface area (Å²) in [6, 6.07) is 9.11. The summed E-state index contributed by atoms with van der Waals surface area (Å²) in [7, 11) is 1.61. The maximum Gasteiger partial charge on any atom is 0.255 e. The molecular weight excluding hydrogens is 322 g/mol. The van der Waals surface area contributed by atoms with Crippen molar-refractivity contribution in [1.29, 1.82) is 0 Å². The lowest BCUT2D eigenvalue weighted by atomic mass is 10.2. The minimum Gasteiger partial charge on any atom is -0.497 e. The number of carbonyl (C=O) groups excluding carboxylic acids is 1. The summed E-state index contributed by atoms with van der Waals surface area (Å²) in [6.45, 7) is 0.411. The largest absolute Gasteiger partial charge is 0.497 e. The number of pyridine rings is 1. The van der Waals surface area contributed by atoms with Crippen LogP contribution in [0, 0.1) is 0 Å². The third-order valence-electron chi connectivity index (χ3n) is 2.74. The summed E-state index contributed by atoms with van der Waals surface area (Å²) in [4.78, 5) is 16.0. The molecule has 1 amide bonds. The third-order valence-corrected chi connectivity index (χ3v) is 3.18. The van der Waals surface area contributed by atoms with Gasteiger partial charge >= 0.3 is 0 Å². The van der Waals surface area contributed by atoms with Gasteiger partial charge in [0.15, 0.2) is 0 Å². The smallest absolute Gasteiger partial charge is 0.255 e. The van der Waals surface area contributed by atoms with E-state index in [2.05, 4.69) is 26.2 Å². The zero-order valence-electron chi connectivity index (χ0n) is 10.9. The van der Waals surface area contributed by atoms with E-state index in [-0.39, 0.29) is 11.7 Å². The Morgan fingerprint density at radius 2 is 2.10 bits per heavy atom. The van der Waals surface area contributed by atoms with Crippen LogP contribution in [-0.4, -0.2) is 18.0 Å². The first-order valence-electron chi connectivity index (χ1n) is 5.92. The Morgan fingerprint density at radius 1 is 1.40 bits per heavy atom. The molecule has 1 aromatic heterocycles. The summed E-state index contributed by atoms with van der Waals surface area (Å²) in [5.74, 6) is 0.730. The lowest BCUT2D eigenvalue weighted by molar-refractivity contribution is 0.0951. The highest BCUT2D eigenvalue weighted by Crippen LogP contribution is 2.16. The summed E-state index contributed by atoms with van der Waals surface area (Å²) < 4.78 is 5.79. The Morgan fingerprint density at radius 3 is 2.75 bits per heavy atom. The molecule has 104 valence electrons. The van der Waals surface area contributed by atoms with Crippen LogP contribution in [0.25, 0.3) is 0 Å². The number of hydrogen-bond acceptors (Lipinski definition) is 4. The number of nitrogens with two attached hydrogens (primary N) is 1. The second kappa shape index (κ2) is 6.38. The molecule has 0 saturated carbocycles. The van der Waals surface area contributed by atoms with Crippen molar-refractivity contribution in [2.24, 2.45) is 0 Å². The van der Waals surface area contributed by atoms with E-state index in [1.807, 2.05) is 24.3 Å². The number of benzene rings is 1. The molecule has 6 heteroatoms. The van der Waals surface area contributed by atoms with E-state index in [0.29, 0.717) is 16.6 Å². The number of nitrogens with zero attached hydrogens (tertiary/aromatic N) is 1. The number of ether oxygens (including phenoxy) is 1. The van der Waals surface area contributed by atoms with E-state index >= 15 is 0 Å². The van der Waals surface area contributed by atoms with Crippen LogP contribution >= 0.6 is 15.9 Å². The second-order valence-electron chi connectivity index (χ2n) is 4.12. The number of rotatable bonds is 4. The Labute approximate surface area is 125 Å². The molecule has 0 aliphatic rings. The first kappa shape index (κ1) is 14.3. The van der Waals surface area contributed by atoms with E-state index in [9.17, 15) is 4.79 Å². The van der Waals surface area contributed by atoms with Crippen LogP contribution in [-0.2, 0) is 6.54 Å². The highest BCUT2D eigenvalue weighted by atomic mass is 79.9. The van der Waals surface area contributed by atoms with Crippen LogP contribution in [0.1, 0.15) is 15.9 Å². The first-order chi connectivity index (χ1) is 9.60. The molecule has 2 rings (SSSR count). The SMILES string of the molecule is COc1ccc(CNC(=O)c2cc(Br)cnc2N)cc1. The fourth-order valence-corrected chi connectivity index (χ4v) is 1.98. The minimum atomic E-state index is -0.257. The number of aromatic nitrogens is 1. The fraction of sp³-hybridized carbons (Fsp3) is 0.143. The van der Waals surface area contributed by atoms with E-state index in [4.69, 9.17) is 10.5 Å². The van der Waals surface area contributed by atoms with Crippen LogP contribution < -0.4 is 15.8 Å². The van der Waals surface area contributed by atoms with Gasteiger partial charge in [-0.05, 0) is 39.7 Å². The van der Waals surface area contributed by atoms with Crippen molar-refractivity contribution in [3.05, 3.63) is 52.1 Å². The molecule has 3 N–H and O–H groups in total. The van der Waals surface area contributed by atoms with E-state index in [1.165, 1.54) is 0 Å². The molecule has 2 aromatic rings. The molecule has 20 heavy (non-hydrogen) atoms. The van der Waals surface area contributed by atoms with Gasteiger partial charge in [0.2, 0.25) is 0 Å². The molecule has 0 bridgehead atoms. The van der Waals surface area contributed by atoms with Gasteiger partial charge in [-0.25, -0.2) is 4.98 Å². The topological polar surface area (TPSA) is 77.2 Å². The van der Waals surface area contributed by atoms with Crippen LogP contribution in [0.5, 0.6) is 5.75 Å². The molecule has 1 aromatic carbocycles. The molecule has 1 heterocycles. The average molecular weight is 336 g/mol. The van der Waals surface area contributed by atoms with Crippen molar-refractivity contribution in [3.63, 3.8) is 0 Å². The number of amides is 1. The Balaban J connectivity index is 2.02. The van der Waals surface area contributed by atoms with Crippen molar-refractivity contribution in [1.82, 2.24) is 10.3 Å². The maximum atomic E-state index is 12.0. The van der Waals surface area contributed by atoms with Gasteiger partial charge in [-0.3, -0.25) is 4.79 Å². The quantitative estimate of drug-likeness (QED) is 0.899. The van der Waals surface area contributed by atoms with E-state index in [0.717, 1.165) is 11.3 Å². The number of hydrogen-bond donors (Lipinski definition) is 2. The second-order valence-corrected chi connectivity index (χ2v) is 5.03. The van der Waals surface area contributed by atoms with Gasteiger partial charge in [-0.15, -0.1) is 0 Å². The number of methoxy groups -OCH3 is 1. The molecule has 0 radical (unpaired) electrons. The Kier molecular flexibility index (Phi) is 4.57. The molecular formula is C14H14BrN3O2. The summed E-state index contributed by atoms with van der Waals surface area (Å²) in [5.41, 5.74) is 7.02. The highest BCUT2D eigenvalue weighted by Gasteiger charge is 2.11. The van der Waals surface area contributed by atoms with E-state index < -0.39 is 0 Å². The number of nitrogen functional groups attached to an aromatic ring is 1. The summed E-state index contributed by atoms with van der Waals surface area (Å²) in [6.07, 6.45) is 1.55. The van der Waals surface area contributed by atoms with Crippen LogP contribution in [0.15, 0.2) is 41.0 Å². The zero-order chi connectivity index (χ0) is 14.5. The molecule has 0 aliphatic carbocycles. The van der Waals surface area contributed by atoms with Crippen molar-refractivity contribution in [2.75, 3.05) is 12.8 Å². The van der Waals surface area contributed by atoms with Crippen molar-refractivity contribution >= 4 is 27.7 Å². The van der Waals surface area contributed by atoms with Crippen molar-refractivity contribution < 1.29 is 9.53 Å². The first-order valence-corrected chi connectivity index (χ1v) is 6.71. The average Bonchev–Trinajstić information content (AvgIpc) is 2.47. The zero-order valence-corrected chi connectivity index (χ0v) is 12.5. The van der Waals surface area contributed by atoms with Crippen LogP contribution in [0.3, 0.4) is 0 Å². The van der Waals surface area contributed by atoms with Crippen molar-refractivity contribution in [3.8, 4) is 5.75 Å². The monoisotopic (exact) mass is 335 g/mol. The third kappa shape index (κ3) is 3.48. The predicted molar refractivity (Wildman–Crippen MR) is 80.5 cm³/mol. The van der Waals surface area contributed by atoms with Gasteiger partial charge in [0.05, 0.1) is 12.7 Å². The standard InChI is InChI=1S/C14H14BrN3O2/c1-20-11-4-2-9(3-5-11)7-18-14(19)12-6-10(15)8-17-13(12)16/h2-6,8H,7H2,1H3,(H2,16,17)(H,18,19). The lowest BCUT2D eigenvalue weighted by Gasteiger charge is -2.08. The fourth-order valence-electron chi connectivity index (χ4n) is 1.65. The maximum absolute atomic E-state index is 12.0. The van der Waals surface area contributed by atoms with Crippen LogP contribution in [0.2, 0.25) is 0 Å². The Bertz CT molecular complexity index is 614. The number of anilines is 1. The van der Waals surface area contributed by atoms with Gasteiger partial charge in [0, 0.05) is 17.2 Å². The van der Waals surface area contributed by atoms with Crippen LogP contribution in [0.4, 0.5) is 5.82 Å². The predicted octanol–water partition coefficient (Wildman–Crippen LogP) is 2.36. The summed E-state index contributed by atoms with van der Waals surface area (Å²) >= 11 is 3.26.